The van der Waals surface area contributed by atoms with E-state index in [4.69, 9.17) is 0 Å². The Morgan fingerprint density at radius 3 is 2.82 bits per heavy atom. The lowest BCUT2D eigenvalue weighted by Gasteiger charge is -2.05. The first kappa shape index (κ1) is 11.7. The fourth-order valence-corrected chi connectivity index (χ4v) is 1.54. The first-order chi connectivity index (χ1) is 8.16. The maximum Gasteiger partial charge on any atom is 0.274 e. The Balaban J connectivity index is 2.16. The molecule has 1 N–H and O–H groups in total. The third-order valence-corrected chi connectivity index (χ3v) is 3.00. The first-order valence-electron chi connectivity index (χ1n) is 5.01. The van der Waals surface area contributed by atoms with Gasteiger partial charge < -0.3 is 5.32 Å². The fourth-order valence-electron chi connectivity index (χ4n) is 1.32. The van der Waals surface area contributed by atoms with Gasteiger partial charge in [0.05, 0.1) is 11.9 Å². The Kier molecular flexibility index (Phi) is 3.49. The molecule has 0 fully saturated rings. The minimum absolute atomic E-state index is 0.242. The van der Waals surface area contributed by atoms with E-state index in [9.17, 15) is 4.79 Å². The van der Waals surface area contributed by atoms with Crippen molar-refractivity contribution < 1.29 is 4.79 Å². The summed E-state index contributed by atoms with van der Waals surface area (Å²) in [5, 5.41) is 2.74. The molecule has 86 valence electrons. The molecule has 2 rings (SSSR count). The lowest BCUT2D eigenvalue weighted by atomic mass is 10.3. The summed E-state index contributed by atoms with van der Waals surface area (Å²) in [5.41, 5.74) is 2.00. The number of halogens is 1. The van der Waals surface area contributed by atoms with Gasteiger partial charge in [-0.25, -0.2) is 4.98 Å². The molecule has 0 unspecified atom stereocenters. The number of carbonyl (C=O) groups excluding carboxylic acids is 1. The second-order valence-electron chi connectivity index (χ2n) is 3.50. The third-order valence-electron chi connectivity index (χ3n) is 2.17. The second kappa shape index (κ2) is 5.05. The highest BCUT2D eigenvalue weighted by Gasteiger charge is 2.07. The molecule has 0 aliphatic heterocycles. The molecule has 1 amide bonds. The van der Waals surface area contributed by atoms with Crippen LogP contribution in [0.1, 0.15) is 16.1 Å². The largest absolute Gasteiger partial charge is 0.319 e. The van der Waals surface area contributed by atoms with Crippen molar-refractivity contribution in [3.8, 4) is 0 Å². The van der Waals surface area contributed by atoms with Gasteiger partial charge >= 0.3 is 0 Å². The number of carbonyl (C=O) groups is 1. The van der Waals surface area contributed by atoms with Crippen LogP contribution in [-0.4, -0.2) is 15.9 Å². The minimum Gasteiger partial charge on any atom is -0.319 e. The van der Waals surface area contributed by atoms with E-state index in [0.717, 1.165) is 10.2 Å². The molecule has 5 heteroatoms. The molecule has 0 spiro atoms. The van der Waals surface area contributed by atoms with Crippen LogP contribution in [0.2, 0.25) is 0 Å². The summed E-state index contributed by atoms with van der Waals surface area (Å²) >= 11 is 3.30. The maximum atomic E-state index is 11.8. The zero-order valence-corrected chi connectivity index (χ0v) is 10.7. The van der Waals surface area contributed by atoms with Gasteiger partial charge in [0.15, 0.2) is 0 Å². The molecule has 2 aromatic rings. The van der Waals surface area contributed by atoms with E-state index < -0.39 is 0 Å². The van der Waals surface area contributed by atoms with Crippen LogP contribution >= 0.6 is 15.9 Å². The smallest absolute Gasteiger partial charge is 0.274 e. The molecule has 4 nitrogen and oxygen atoms in total. The van der Waals surface area contributed by atoms with Gasteiger partial charge in [-0.05, 0) is 46.6 Å². The Morgan fingerprint density at radius 2 is 2.18 bits per heavy atom. The van der Waals surface area contributed by atoms with Gasteiger partial charge in [0, 0.05) is 6.20 Å². The molecule has 0 aromatic carbocycles. The molecule has 0 saturated heterocycles. The van der Waals surface area contributed by atoms with Crippen molar-refractivity contribution in [1.82, 2.24) is 9.97 Å². The van der Waals surface area contributed by atoms with Gasteiger partial charge in [-0.3, -0.25) is 9.78 Å². The van der Waals surface area contributed by atoms with Gasteiger partial charge in [-0.15, -0.1) is 0 Å². The summed E-state index contributed by atoms with van der Waals surface area (Å²) in [5.74, 6) is -0.242. The molecule has 0 bridgehead atoms. The number of aromatic nitrogens is 2. The van der Waals surface area contributed by atoms with Crippen molar-refractivity contribution in [2.75, 3.05) is 5.32 Å². The molecular formula is C12H10BrN3O. The number of anilines is 1. The van der Waals surface area contributed by atoms with Gasteiger partial charge in [-0.1, -0.05) is 6.07 Å². The normalized spacial score (nSPS) is 10.0. The quantitative estimate of drug-likeness (QED) is 0.866. The van der Waals surface area contributed by atoms with Crippen LogP contribution in [0.15, 0.2) is 41.3 Å². The van der Waals surface area contributed by atoms with E-state index in [1.54, 1.807) is 30.6 Å². The van der Waals surface area contributed by atoms with Crippen molar-refractivity contribution in [3.05, 3.63) is 52.5 Å². The minimum atomic E-state index is -0.242. The van der Waals surface area contributed by atoms with Crippen molar-refractivity contribution >= 4 is 27.5 Å². The van der Waals surface area contributed by atoms with E-state index in [-0.39, 0.29) is 5.91 Å². The van der Waals surface area contributed by atoms with E-state index in [2.05, 4.69) is 31.2 Å². The van der Waals surface area contributed by atoms with Crippen LogP contribution in [0.4, 0.5) is 5.69 Å². The molecule has 17 heavy (non-hydrogen) atoms. The number of nitrogens with one attached hydrogen (secondary N) is 1. The number of hydrogen-bond donors (Lipinski definition) is 1. The van der Waals surface area contributed by atoms with Gasteiger partial charge in [0.25, 0.3) is 5.91 Å². The van der Waals surface area contributed by atoms with Crippen LogP contribution in [0, 0.1) is 6.92 Å². The van der Waals surface area contributed by atoms with Gasteiger partial charge in [0.2, 0.25) is 0 Å². The molecule has 0 radical (unpaired) electrons. The highest BCUT2D eigenvalue weighted by atomic mass is 79.9. The molecule has 0 aliphatic carbocycles. The third kappa shape index (κ3) is 2.88. The second-order valence-corrected chi connectivity index (χ2v) is 4.25. The standard InChI is InChI=1S/C12H10BrN3O/c1-8-6-9(7-15-11(8)13)16-12(17)10-4-2-3-5-14-10/h2-7H,1H3,(H,16,17). The first-order valence-corrected chi connectivity index (χ1v) is 5.80. The van der Waals surface area contributed by atoms with E-state index in [1.165, 1.54) is 0 Å². The van der Waals surface area contributed by atoms with Crippen LogP contribution in [-0.2, 0) is 0 Å². The zero-order chi connectivity index (χ0) is 12.3. The molecule has 0 atom stereocenters. The highest BCUT2D eigenvalue weighted by Crippen LogP contribution is 2.17. The van der Waals surface area contributed by atoms with Gasteiger partial charge in [-0.2, -0.15) is 0 Å². The summed E-state index contributed by atoms with van der Waals surface area (Å²) < 4.78 is 0.772. The van der Waals surface area contributed by atoms with Crippen molar-refractivity contribution in [2.24, 2.45) is 0 Å². The number of aryl methyl sites for hydroxylation is 1. The van der Waals surface area contributed by atoms with Crippen LogP contribution in [0.5, 0.6) is 0 Å². The summed E-state index contributed by atoms with van der Waals surface area (Å²) in [4.78, 5) is 19.9. The van der Waals surface area contributed by atoms with Crippen LogP contribution in [0.3, 0.4) is 0 Å². The lowest BCUT2D eigenvalue weighted by Crippen LogP contribution is -2.13. The summed E-state index contributed by atoms with van der Waals surface area (Å²) in [6.07, 6.45) is 3.18. The highest BCUT2D eigenvalue weighted by molar-refractivity contribution is 9.10. The zero-order valence-electron chi connectivity index (χ0n) is 9.14. The Hall–Kier alpha value is -1.75. The number of pyridine rings is 2. The molecular weight excluding hydrogens is 282 g/mol. The Labute approximate surface area is 107 Å². The number of amides is 1. The molecule has 0 saturated carbocycles. The summed E-state index contributed by atoms with van der Waals surface area (Å²) in [6, 6.07) is 7.04. The van der Waals surface area contributed by atoms with Crippen LogP contribution < -0.4 is 5.32 Å². The predicted molar refractivity (Wildman–Crippen MR) is 68.9 cm³/mol. The van der Waals surface area contributed by atoms with E-state index in [0.29, 0.717) is 11.4 Å². The van der Waals surface area contributed by atoms with Crippen molar-refractivity contribution in [2.45, 2.75) is 6.92 Å². The van der Waals surface area contributed by atoms with E-state index in [1.807, 2.05) is 13.0 Å². The van der Waals surface area contributed by atoms with Crippen LogP contribution in [0.25, 0.3) is 0 Å². The summed E-state index contributed by atoms with van der Waals surface area (Å²) in [6.45, 7) is 1.91. The van der Waals surface area contributed by atoms with E-state index >= 15 is 0 Å². The number of hydrogen-bond acceptors (Lipinski definition) is 3. The maximum absolute atomic E-state index is 11.8. The SMILES string of the molecule is Cc1cc(NC(=O)c2ccccn2)cnc1Br. The monoisotopic (exact) mass is 291 g/mol. The Bertz CT molecular complexity index is 543. The summed E-state index contributed by atoms with van der Waals surface area (Å²) in [7, 11) is 0. The average Bonchev–Trinajstić information content (AvgIpc) is 2.35. The van der Waals surface area contributed by atoms with Crippen molar-refractivity contribution in [1.29, 1.82) is 0 Å². The predicted octanol–water partition coefficient (Wildman–Crippen LogP) is 2.80. The van der Waals surface area contributed by atoms with Crippen molar-refractivity contribution in [3.63, 3.8) is 0 Å². The fraction of sp³-hybridized carbons (Fsp3) is 0.0833. The molecule has 0 aliphatic rings. The lowest BCUT2D eigenvalue weighted by molar-refractivity contribution is 0.102. The Morgan fingerprint density at radius 1 is 1.35 bits per heavy atom. The number of rotatable bonds is 2. The molecule has 2 aromatic heterocycles. The topological polar surface area (TPSA) is 54.9 Å². The molecule has 2 heterocycles. The number of nitrogens with zero attached hydrogens (tertiary/aromatic N) is 2. The van der Waals surface area contributed by atoms with Gasteiger partial charge in [0.1, 0.15) is 10.3 Å². The average molecular weight is 292 g/mol.